The zero-order valence-electron chi connectivity index (χ0n) is 23.9. The average molecular weight is 535 g/mol. The molecule has 8 aromatic rings. The SMILES string of the molecule is Cc1ccc(-c2ccc(-c3ccc(-c4ccc(C)c5ccccc45)c4ccccc34)c3ccccc23)c2ccccc12. The zero-order valence-corrected chi connectivity index (χ0v) is 23.9. The first-order chi connectivity index (χ1) is 20.7. The Morgan fingerprint density at radius 2 is 0.405 bits per heavy atom. The molecule has 0 unspecified atom stereocenters. The van der Waals surface area contributed by atoms with Crippen molar-refractivity contribution in [2.75, 3.05) is 0 Å². The Morgan fingerprint density at radius 1 is 0.214 bits per heavy atom. The third-order valence-electron chi connectivity index (χ3n) is 9.00. The van der Waals surface area contributed by atoms with Gasteiger partial charge in [0.1, 0.15) is 0 Å². The molecule has 0 fully saturated rings. The molecule has 0 aliphatic carbocycles. The van der Waals surface area contributed by atoms with E-state index >= 15 is 0 Å². The minimum Gasteiger partial charge on any atom is -0.0616 e. The summed E-state index contributed by atoms with van der Waals surface area (Å²) in [7, 11) is 0. The van der Waals surface area contributed by atoms with Crippen LogP contribution in [0.4, 0.5) is 0 Å². The highest BCUT2D eigenvalue weighted by Gasteiger charge is 2.16. The largest absolute Gasteiger partial charge is 0.0616 e. The second kappa shape index (κ2) is 9.72. The Kier molecular flexibility index (Phi) is 5.69. The maximum absolute atomic E-state index is 2.33. The molecule has 0 bridgehead atoms. The predicted molar refractivity (Wildman–Crippen MR) is 182 cm³/mol. The van der Waals surface area contributed by atoms with Crippen LogP contribution in [-0.4, -0.2) is 0 Å². The Labute approximate surface area is 246 Å². The first kappa shape index (κ1) is 24.6. The summed E-state index contributed by atoms with van der Waals surface area (Å²) < 4.78 is 0. The standard InChI is InChI=1S/C42H30/c1-27-19-21-37(31-13-5-3-11-29(27)31)39-23-25-41(35-17-9-7-15-33(35)39)42-26-24-40(34-16-8-10-18-36(34)42)38-22-20-28(2)30-12-4-6-14-32(30)38/h3-26H,1-2H3. The van der Waals surface area contributed by atoms with Crippen LogP contribution < -0.4 is 0 Å². The van der Waals surface area contributed by atoms with E-state index in [0.717, 1.165) is 0 Å². The molecular formula is C42H30. The normalized spacial score (nSPS) is 11.6. The van der Waals surface area contributed by atoms with E-state index in [0.29, 0.717) is 0 Å². The highest BCUT2D eigenvalue weighted by atomic mass is 14.2. The van der Waals surface area contributed by atoms with Crippen LogP contribution in [0.3, 0.4) is 0 Å². The van der Waals surface area contributed by atoms with Crippen molar-refractivity contribution >= 4 is 43.1 Å². The van der Waals surface area contributed by atoms with Crippen molar-refractivity contribution in [3.8, 4) is 33.4 Å². The number of fused-ring (bicyclic) bond motifs is 4. The molecule has 0 N–H and O–H groups in total. The fourth-order valence-corrected chi connectivity index (χ4v) is 6.91. The molecule has 0 aliphatic rings. The van der Waals surface area contributed by atoms with Crippen molar-refractivity contribution in [2.45, 2.75) is 13.8 Å². The molecule has 8 aromatic carbocycles. The molecule has 8 rings (SSSR count). The summed E-state index contributed by atoms with van der Waals surface area (Å²) in [5.41, 5.74) is 10.3. The molecule has 0 nitrogen and oxygen atoms in total. The van der Waals surface area contributed by atoms with Crippen LogP contribution in [0, 0.1) is 13.8 Å². The van der Waals surface area contributed by atoms with Gasteiger partial charge in [-0.3, -0.25) is 0 Å². The zero-order chi connectivity index (χ0) is 28.2. The van der Waals surface area contributed by atoms with Gasteiger partial charge in [-0.05, 0) is 101 Å². The van der Waals surface area contributed by atoms with Gasteiger partial charge in [0.25, 0.3) is 0 Å². The highest BCUT2D eigenvalue weighted by molar-refractivity contribution is 6.15. The summed E-state index contributed by atoms with van der Waals surface area (Å²) in [5.74, 6) is 0. The number of rotatable bonds is 3. The van der Waals surface area contributed by atoms with E-state index in [2.05, 4.69) is 159 Å². The third-order valence-corrected chi connectivity index (χ3v) is 9.00. The third kappa shape index (κ3) is 3.76. The van der Waals surface area contributed by atoms with Crippen LogP contribution in [-0.2, 0) is 0 Å². The predicted octanol–water partition coefficient (Wildman–Crippen LogP) is 11.9. The fourth-order valence-electron chi connectivity index (χ4n) is 6.91. The van der Waals surface area contributed by atoms with E-state index in [-0.39, 0.29) is 0 Å². The van der Waals surface area contributed by atoms with Gasteiger partial charge in [0.15, 0.2) is 0 Å². The summed E-state index contributed by atoms with van der Waals surface area (Å²) in [6.07, 6.45) is 0. The lowest BCUT2D eigenvalue weighted by Gasteiger charge is -2.17. The Balaban J connectivity index is 1.37. The molecule has 0 aliphatic heterocycles. The molecule has 0 saturated carbocycles. The number of hydrogen-bond donors (Lipinski definition) is 0. The van der Waals surface area contributed by atoms with Crippen LogP contribution in [0.2, 0.25) is 0 Å². The van der Waals surface area contributed by atoms with Gasteiger partial charge in [0, 0.05) is 0 Å². The van der Waals surface area contributed by atoms with Gasteiger partial charge < -0.3 is 0 Å². The van der Waals surface area contributed by atoms with Gasteiger partial charge in [-0.2, -0.15) is 0 Å². The highest BCUT2D eigenvalue weighted by Crippen LogP contribution is 2.43. The minimum atomic E-state index is 1.27. The van der Waals surface area contributed by atoms with Gasteiger partial charge in [-0.15, -0.1) is 0 Å². The minimum absolute atomic E-state index is 1.27. The Bertz CT molecular complexity index is 2150. The van der Waals surface area contributed by atoms with Gasteiger partial charge >= 0.3 is 0 Å². The molecule has 42 heavy (non-hydrogen) atoms. The monoisotopic (exact) mass is 534 g/mol. The molecule has 0 radical (unpaired) electrons. The van der Waals surface area contributed by atoms with Crippen LogP contribution >= 0.6 is 0 Å². The molecule has 0 heterocycles. The number of aryl methyl sites for hydroxylation is 2. The lowest BCUT2D eigenvalue weighted by atomic mass is 9.86. The van der Waals surface area contributed by atoms with Gasteiger partial charge in [-0.1, -0.05) is 146 Å². The number of benzene rings is 8. The van der Waals surface area contributed by atoms with Gasteiger partial charge in [0.05, 0.1) is 0 Å². The van der Waals surface area contributed by atoms with Crippen LogP contribution in [0.1, 0.15) is 11.1 Å². The van der Waals surface area contributed by atoms with Crippen molar-refractivity contribution < 1.29 is 0 Å². The lowest BCUT2D eigenvalue weighted by molar-refractivity contribution is 1.53. The maximum atomic E-state index is 2.33. The van der Waals surface area contributed by atoms with Crippen molar-refractivity contribution in [3.63, 3.8) is 0 Å². The lowest BCUT2D eigenvalue weighted by Crippen LogP contribution is -1.91. The Hall–Kier alpha value is -5.20. The summed E-state index contributed by atoms with van der Waals surface area (Å²) >= 11 is 0. The van der Waals surface area contributed by atoms with Crippen molar-refractivity contribution in [3.05, 3.63) is 157 Å². The smallest absolute Gasteiger partial charge is 0.00987 e. The average Bonchev–Trinajstić information content (AvgIpc) is 3.05. The van der Waals surface area contributed by atoms with Gasteiger partial charge in [-0.25, -0.2) is 0 Å². The molecular weight excluding hydrogens is 504 g/mol. The second-order valence-corrected chi connectivity index (χ2v) is 11.4. The van der Waals surface area contributed by atoms with E-state index in [1.54, 1.807) is 0 Å². The first-order valence-corrected chi connectivity index (χ1v) is 14.7. The summed E-state index contributed by atoms with van der Waals surface area (Å²) in [6.45, 7) is 4.39. The molecule has 198 valence electrons. The van der Waals surface area contributed by atoms with E-state index in [4.69, 9.17) is 0 Å². The fraction of sp³-hybridized carbons (Fsp3) is 0.0476. The Morgan fingerprint density at radius 3 is 0.667 bits per heavy atom. The number of hydrogen-bond acceptors (Lipinski definition) is 0. The van der Waals surface area contributed by atoms with E-state index in [1.807, 2.05) is 0 Å². The van der Waals surface area contributed by atoms with Crippen LogP contribution in [0.15, 0.2) is 146 Å². The van der Waals surface area contributed by atoms with E-state index in [1.165, 1.54) is 87.6 Å². The maximum Gasteiger partial charge on any atom is -0.00987 e. The van der Waals surface area contributed by atoms with Crippen molar-refractivity contribution in [2.24, 2.45) is 0 Å². The molecule has 0 atom stereocenters. The van der Waals surface area contributed by atoms with E-state index < -0.39 is 0 Å². The quantitative estimate of drug-likeness (QED) is 0.211. The molecule has 0 aromatic heterocycles. The summed E-state index contributed by atoms with van der Waals surface area (Å²) in [5, 5.41) is 10.3. The molecule has 0 saturated heterocycles. The molecule has 0 heteroatoms. The van der Waals surface area contributed by atoms with Crippen LogP contribution in [0.5, 0.6) is 0 Å². The second-order valence-electron chi connectivity index (χ2n) is 11.4. The first-order valence-electron chi connectivity index (χ1n) is 14.7. The van der Waals surface area contributed by atoms with E-state index in [9.17, 15) is 0 Å². The topological polar surface area (TPSA) is 0 Å². The van der Waals surface area contributed by atoms with Gasteiger partial charge in [0.2, 0.25) is 0 Å². The summed E-state index contributed by atoms with van der Waals surface area (Å²) in [6, 6.07) is 53.7. The van der Waals surface area contributed by atoms with Crippen molar-refractivity contribution in [1.82, 2.24) is 0 Å². The summed E-state index contributed by atoms with van der Waals surface area (Å²) in [4.78, 5) is 0. The van der Waals surface area contributed by atoms with Crippen molar-refractivity contribution in [1.29, 1.82) is 0 Å². The molecule has 0 spiro atoms. The molecule has 0 amide bonds. The van der Waals surface area contributed by atoms with Crippen LogP contribution in [0.25, 0.3) is 76.5 Å².